The highest BCUT2D eigenvalue weighted by molar-refractivity contribution is 5.11. The molecule has 3 rings (SSSR count). The molecule has 3 fully saturated rings. The first-order valence-corrected chi connectivity index (χ1v) is 8.70. The first-order valence-electron chi connectivity index (χ1n) is 8.70. The number of ether oxygens (including phenoxy) is 1. The lowest BCUT2D eigenvalue weighted by Crippen LogP contribution is -2.42. The van der Waals surface area contributed by atoms with Crippen molar-refractivity contribution in [1.29, 1.82) is 0 Å². The average molecular weight is 280 g/mol. The molecule has 0 aliphatic heterocycles. The zero-order chi connectivity index (χ0) is 14.5. The first kappa shape index (κ1) is 14.8. The molecule has 0 amide bonds. The third-order valence-electron chi connectivity index (χ3n) is 7.49. The summed E-state index contributed by atoms with van der Waals surface area (Å²) < 4.78 is 6.35. The van der Waals surface area contributed by atoms with Crippen molar-refractivity contribution in [2.45, 2.75) is 91.0 Å². The Morgan fingerprint density at radius 1 is 1.10 bits per heavy atom. The second kappa shape index (κ2) is 4.98. The summed E-state index contributed by atoms with van der Waals surface area (Å²) in [6.07, 6.45) is 8.57. The van der Waals surface area contributed by atoms with Gasteiger partial charge in [-0.2, -0.15) is 0 Å². The van der Waals surface area contributed by atoms with Gasteiger partial charge in [0.15, 0.2) is 0 Å². The van der Waals surface area contributed by atoms with Crippen LogP contribution in [-0.4, -0.2) is 23.4 Å². The smallest absolute Gasteiger partial charge is 0.0837 e. The molecule has 3 aliphatic rings. The minimum Gasteiger partial charge on any atom is -0.390 e. The molecule has 0 heterocycles. The van der Waals surface area contributed by atoms with Crippen molar-refractivity contribution in [3.8, 4) is 0 Å². The van der Waals surface area contributed by atoms with Gasteiger partial charge in [-0.1, -0.05) is 33.6 Å². The molecule has 2 bridgehead atoms. The maximum atomic E-state index is 10.1. The van der Waals surface area contributed by atoms with E-state index in [4.69, 9.17) is 4.74 Å². The van der Waals surface area contributed by atoms with E-state index in [0.29, 0.717) is 22.9 Å². The van der Waals surface area contributed by atoms with Gasteiger partial charge in [-0.15, -0.1) is 0 Å². The van der Waals surface area contributed by atoms with Crippen molar-refractivity contribution < 1.29 is 9.84 Å². The molecule has 0 aromatic heterocycles. The summed E-state index contributed by atoms with van der Waals surface area (Å²) in [7, 11) is 0. The molecule has 20 heavy (non-hydrogen) atoms. The third kappa shape index (κ3) is 2.06. The van der Waals surface area contributed by atoms with Crippen LogP contribution in [0.15, 0.2) is 0 Å². The molecule has 6 atom stereocenters. The monoisotopic (exact) mass is 280 g/mol. The average Bonchev–Trinajstić information content (AvgIpc) is 2.74. The lowest BCUT2D eigenvalue weighted by Gasteiger charge is -2.43. The summed E-state index contributed by atoms with van der Waals surface area (Å²) in [6, 6.07) is 0. The highest BCUT2D eigenvalue weighted by Gasteiger charge is 2.62. The van der Waals surface area contributed by atoms with E-state index in [1.165, 1.54) is 25.7 Å². The quantitative estimate of drug-likeness (QED) is 0.841. The Morgan fingerprint density at radius 3 is 2.35 bits per heavy atom. The molecule has 3 saturated carbocycles. The van der Waals surface area contributed by atoms with Crippen LogP contribution in [-0.2, 0) is 4.74 Å². The Hall–Kier alpha value is -0.0800. The van der Waals surface area contributed by atoms with Crippen LogP contribution in [0.2, 0.25) is 0 Å². The Balaban J connectivity index is 1.68. The van der Waals surface area contributed by atoms with E-state index in [1.807, 2.05) is 0 Å². The van der Waals surface area contributed by atoms with Gasteiger partial charge < -0.3 is 9.84 Å². The Kier molecular flexibility index (Phi) is 3.70. The number of aliphatic hydroxyl groups excluding tert-OH is 1. The Bertz CT molecular complexity index is 364. The highest BCUT2D eigenvalue weighted by Crippen LogP contribution is 2.69. The molecule has 3 unspecified atom stereocenters. The van der Waals surface area contributed by atoms with Crippen molar-refractivity contribution in [2.75, 3.05) is 0 Å². The summed E-state index contributed by atoms with van der Waals surface area (Å²) in [6.45, 7) is 9.68. The van der Waals surface area contributed by atoms with Crippen molar-refractivity contribution in [3.05, 3.63) is 0 Å². The number of hydrogen-bond acceptors (Lipinski definition) is 2. The number of rotatable bonds is 3. The van der Waals surface area contributed by atoms with Crippen molar-refractivity contribution in [3.63, 3.8) is 0 Å². The Labute approximate surface area is 124 Å². The molecule has 1 N–H and O–H groups in total. The highest BCUT2D eigenvalue weighted by atomic mass is 16.5. The van der Waals surface area contributed by atoms with Gasteiger partial charge in [0.25, 0.3) is 0 Å². The molecule has 2 heteroatoms. The molecular formula is C18H32O2. The minimum atomic E-state index is -0.231. The fourth-order valence-corrected chi connectivity index (χ4v) is 5.58. The van der Waals surface area contributed by atoms with Crippen LogP contribution in [0.5, 0.6) is 0 Å². The zero-order valence-electron chi connectivity index (χ0n) is 13.7. The van der Waals surface area contributed by atoms with Crippen LogP contribution >= 0.6 is 0 Å². The maximum absolute atomic E-state index is 10.1. The molecular weight excluding hydrogens is 248 g/mol. The van der Waals surface area contributed by atoms with E-state index >= 15 is 0 Å². The maximum Gasteiger partial charge on any atom is 0.0837 e. The second-order valence-electron chi connectivity index (χ2n) is 8.45. The van der Waals surface area contributed by atoms with Crippen LogP contribution in [0.1, 0.15) is 72.6 Å². The number of fused-ring (bicyclic) bond motifs is 2. The molecule has 0 saturated heterocycles. The van der Waals surface area contributed by atoms with Crippen molar-refractivity contribution in [1.82, 2.24) is 0 Å². The molecule has 0 aromatic rings. The zero-order valence-corrected chi connectivity index (χ0v) is 13.7. The van der Waals surface area contributed by atoms with E-state index in [0.717, 1.165) is 25.2 Å². The van der Waals surface area contributed by atoms with Crippen LogP contribution in [0.3, 0.4) is 0 Å². The lowest BCUT2D eigenvalue weighted by molar-refractivity contribution is -0.123. The standard InChI is InChI=1S/C18H32O2/c1-12(20-16-8-6-5-7-15(16)19)14-11-13-9-10-18(14,4)17(13,2)3/h12-16,19H,5-11H2,1-4H3/t12?,13-,14+,15?,16?,18+/m1/s1. The summed E-state index contributed by atoms with van der Waals surface area (Å²) in [5, 5.41) is 10.1. The topological polar surface area (TPSA) is 29.5 Å². The molecule has 0 radical (unpaired) electrons. The van der Waals surface area contributed by atoms with Crippen LogP contribution in [0, 0.1) is 22.7 Å². The van der Waals surface area contributed by atoms with Gasteiger partial charge in [-0.3, -0.25) is 0 Å². The lowest BCUT2D eigenvalue weighted by atomic mass is 9.65. The van der Waals surface area contributed by atoms with E-state index in [2.05, 4.69) is 27.7 Å². The van der Waals surface area contributed by atoms with Gasteiger partial charge in [0, 0.05) is 0 Å². The molecule has 0 aromatic carbocycles. The first-order chi connectivity index (χ1) is 9.36. The fourth-order valence-electron chi connectivity index (χ4n) is 5.58. The minimum absolute atomic E-state index is 0.0876. The number of hydrogen-bond donors (Lipinski definition) is 1. The van der Waals surface area contributed by atoms with E-state index in [1.54, 1.807) is 0 Å². The summed E-state index contributed by atoms with van der Waals surface area (Å²) >= 11 is 0. The van der Waals surface area contributed by atoms with Crippen LogP contribution in [0.25, 0.3) is 0 Å². The number of aliphatic hydroxyl groups is 1. The summed E-state index contributed by atoms with van der Waals surface area (Å²) in [5.74, 6) is 1.55. The molecule has 116 valence electrons. The largest absolute Gasteiger partial charge is 0.390 e. The Morgan fingerprint density at radius 2 is 1.80 bits per heavy atom. The van der Waals surface area contributed by atoms with Crippen molar-refractivity contribution in [2.24, 2.45) is 22.7 Å². The van der Waals surface area contributed by atoms with Crippen molar-refractivity contribution >= 4 is 0 Å². The summed E-state index contributed by atoms with van der Waals surface area (Å²) in [4.78, 5) is 0. The van der Waals surface area contributed by atoms with Gasteiger partial charge in [0.2, 0.25) is 0 Å². The van der Waals surface area contributed by atoms with Gasteiger partial charge in [0.05, 0.1) is 18.3 Å². The normalized spacial score (nSPS) is 48.5. The molecule has 3 aliphatic carbocycles. The van der Waals surface area contributed by atoms with E-state index in [9.17, 15) is 5.11 Å². The molecule has 2 nitrogen and oxygen atoms in total. The fraction of sp³-hybridized carbons (Fsp3) is 1.00. The predicted molar refractivity (Wildman–Crippen MR) is 81.5 cm³/mol. The van der Waals surface area contributed by atoms with Crippen LogP contribution < -0.4 is 0 Å². The predicted octanol–water partition coefficient (Wildman–Crippen LogP) is 4.16. The van der Waals surface area contributed by atoms with Crippen LogP contribution in [0.4, 0.5) is 0 Å². The third-order valence-corrected chi connectivity index (χ3v) is 7.49. The second-order valence-corrected chi connectivity index (χ2v) is 8.45. The molecule has 0 spiro atoms. The van der Waals surface area contributed by atoms with E-state index in [-0.39, 0.29) is 12.2 Å². The van der Waals surface area contributed by atoms with Gasteiger partial charge in [-0.05, 0) is 61.7 Å². The van der Waals surface area contributed by atoms with E-state index < -0.39 is 0 Å². The van der Waals surface area contributed by atoms with Gasteiger partial charge in [0.1, 0.15) is 0 Å². The van der Waals surface area contributed by atoms with Gasteiger partial charge >= 0.3 is 0 Å². The SMILES string of the molecule is CC(OC1CCCCC1O)[C@@H]1C[C@H]2CC[C@]1(C)C2(C)C. The van der Waals surface area contributed by atoms with Gasteiger partial charge in [-0.25, -0.2) is 0 Å². The summed E-state index contributed by atoms with van der Waals surface area (Å²) in [5.41, 5.74) is 0.886.